The van der Waals surface area contributed by atoms with Crippen LogP contribution in [0, 0.1) is 0 Å². The van der Waals surface area contributed by atoms with Crippen molar-refractivity contribution in [3.8, 4) is 0 Å². The number of benzene rings is 1. The summed E-state index contributed by atoms with van der Waals surface area (Å²) >= 11 is 1.80. The first kappa shape index (κ1) is 15.7. The third kappa shape index (κ3) is 3.91. The normalized spacial score (nSPS) is 17.0. The highest BCUT2D eigenvalue weighted by atomic mass is 32.2. The van der Waals surface area contributed by atoms with Gasteiger partial charge in [-0.3, -0.25) is 9.69 Å². The molecule has 1 aliphatic heterocycles. The van der Waals surface area contributed by atoms with Crippen LogP contribution in [0.15, 0.2) is 29.2 Å². The summed E-state index contributed by atoms with van der Waals surface area (Å²) in [5, 5.41) is 2.99. The van der Waals surface area contributed by atoms with E-state index in [0.29, 0.717) is 18.4 Å². The highest BCUT2D eigenvalue weighted by Gasteiger charge is 2.28. The quantitative estimate of drug-likeness (QED) is 0.869. The van der Waals surface area contributed by atoms with Crippen LogP contribution in [0.1, 0.15) is 20.3 Å². The second kappa shape index (κ2) is 7.36. The zero-order valence-electron chi connectivity index (χ0n) is 12.3. The van der Waals surface area contributed by atoms with E-state index in [9.17, 15) is 9.59 Å². The number of nitrogens with zero attached hydrogens (tertiary/aromatic N) is 1. The predicted molar refractivity (Wildman–Crippen MR) is 83.8 cm³/mol. The number of carbonyl (C=O) groups excluding carboxylic acids is 2. The summed E-state index contributed by atoms with van der Waals surface area (Å²) in [6, 6.07) is 7.58. The fourth-order valence-electron chi connectivity index (χ4n) is 2.16. The van der Waals surface area contributed by atoms with Crippen LogP contribution in [-0.2, 0) is 9.53 Å². The minimum absolute atomic E-state index is 0.102. The molecule has 6 heteroatoms. The highest BCUT2D eigenvalue weighted by molar-refractivity contribution is 8.00. The van der Waals surface area contributed by atoms with Crippen molar-refractivity contribution in [2.24, 2.45) is 0 Å². The van der Waals surface area contributed by atoms with Gasteiger partial charge in [-0.25, -0.2) is 4.79 Å². The number of rotatable bonds is 4. The summed E-state index contributed by atoms with van der Waals surface area (Å²) < 4.78 is 4.82. The summed E-state index contributed by atoms with van der Waals surface area (Å²) in [5.74, 6) is -0.419. The van der Waals surface area contributed by atoms with Crippen LogP contribution >= 0.6 is 11.8 Å². The molecule has 1 N–H and O–H groups in total. The van der Waals surface area contributed by atoms with Crippen LogP contribution in [0.5, 0.6) is 0 Å². The van der Waals surface area contributed by atoms with E-state index in [1.165, 1.54) is 0 Å². The molecule has 114 valence electrons. The van der Waals surface area contributed by atoms with Gasteiger partial charge in [-0.15, -0.1) is 11.8 Å². The first-order valence-corrected chi connectivity index (χ1v) is 8.00. The van der Waals surface area contributed by atoms with Crippen molar-refractivity contribution in [3.63, 3.8) is 0 Å². The van der Waals surface area contributed by atoms with Gasteiger partial charge in [0.05, 0.1) is 12.3 Å². The lowest BCUT2D eigenvalue weighted by atomic mass is 10.2. The van der Waals surface area contributed by atoms with Gasteiger partial charge in [-0.2, -0.15) is 0 Å². The Hall–Kier alpha value is -1.69. The maximum Gasteiger partial charge on any atom is 0.325 e. The number of carbonyl (C=O) groups is 2. The lowest BCUT2D eigenvalue weighted by molar-refractivity contribution is -0.141. The predicted octanol–water partition coefficient (Wildman–Crippen LogP) is 2.65. The molecule has 0 bridgehead atoms. The zero-order valence-corrected chi connectivity index (χ0v) is 13.1. The maximum absolute atomic E-state index is 12.3. The van der Waals surface area contributed by atoms with Crippen LogP contribution in [0.25, 0.3) is 0 Å². The number of hydrogen-bond donors (Lipinski definition) is 1. The summed E-state index contributed by atoms with van der Waals surface area (Å²) in [4.78, 5) is 26.5. The van der Waals surface area contributed by atoms with Gasteiger partial charge in [0, 0.05) is 16.7 Å². The van der Waals surface area contributed by atoms with Gasteiger partial charge in [0.2, 0.25) is 0 Å². The molecule has 0 radical (unpaired) electrons. The lowest BCUT2D eigenvalue weighted by Gasteiger charge is -2.33. The van der Waals surface area contributed by atoms with Crippen LogP contribution in [0.2, 0.25) is 0 Å². The summed E-state index contributed by atoms with van der Waals surface area (Å²) in [7, 11) is 0. The largest absolute Gasteiger partial charge is 0.465 e. The number of esters is 1. The van der Waals surface area contributed by atoms with E-state index in [-0.39, 0.29) is 12.6 Å². The van der Waals surface area contributed by atoms with Gasteiger partial charge >= 0.3 is 12.0 Å². The Labute approximate surface area is 129 Å². The van der Waals surface area contributed by atoms with Gasteiger partial charge in [-0.1, -0.05) is 19.1 Å². The first-order chi connectivity index (χ1) is 10.2. The highest BCUT2D eigenvalue weighted by Crippen LogP contribution is 2.39. The molecule has 1 aromatic rings. The van der Waals surface area contributed by atoms with E-state index >= 15 is 0 Å². The lowest BCUT2D eigenvalue weighted by Crippen LogP contribution is -2.46. The topological polar surface area (TPSA) is 58.6 Å². The number of para-hydroxylation sites is 1. The number of hydrogen-bond acceptors (Lipinski definition) is 4. The SMILES string of the molecule is CCOC(=O)CNC(=O)N1CC(CC)Sc2ccccc21. The molecule has 2 amide bonds. The molecule has 0 aliphatic carbocycles. The summed E-state index contributed by atoms with van der Waals surface area (Å²) in [6.07, 6.45) is 0.987. The van der Waals surface area contributed by atoms with Crippen LogP contribution in [0.4, 0.5) is 10.5 Å². The number of nitrogens with one attached hydrogen (secondary N) is 1. The fraction of sp³-hybridized carbons (Fsp3) is 0.467. The van der Waals surface area contributed by atoms with Gasteiger partial charge in [0.1, 0.15) is 6.54 Å². The number of fused-ring (bicyclic) bond motifs is 1. The van der Waals surface area contributed by atoms with E-state index in [1.807, 2.05) is 24.3 Å². The minimum atomic E-state index is -0.419. The van der Waals surface area contributed by atoms with Gasteiger partial charge in [0.15, 0.2) is 0 Å². The molecule has 21 heavy (non-hydrogen) atoms. The smallest absolute Gasteiger partial charge is 0.325 e. The first-order valence-electron chi connectivity index (χ1n) is 7.12. The number of anilines is 1. The Bertz CT molecular complexity index is 521. The monoisotopic (exact) mass is 308 g/mol. The van der Waals surface area contributed by atoms with Crippen LogP contribution < -0.4 is 10.2 Å². The second-order valence-corrected chi connectivity index (χ2v) is 6.03. The molecular weight excluding hydrogens is 288 g/mol. The molecule has 1 unspecified atom stereocenters. The summed E-state index contributed by atoms with van der Waals surface area (Å²) in [6.45, 7) is 4.71. The molecule has 0 spiro atoms. The van der Waals surface area contributed by atoms with E-state index in [4.69, 9.17) is 4.74 Å². The average molecular weight is 308 g/mol. The van der Waals surface area contributed by atoms with Crippen molar-refractivity contribution in [1.29, 1.82) is 0 Å². The van der Waals surface area contributed by atoms with E-state index in [2.05, 4.69) is 12.2 Å². The van der Waals surface area contributed by atoms with E-state index in [1.54, 1.807) is 23.6 Å². The molecule has 0 fully saturated rings. The maximum atomic E-state index is 12.3. The Kier molecular flexibility index (Phi) is 5.50. The van der Waals surface area contributed by atoms with E-state index < -0.39 is 5.97 Å². The van der Waals surface area contributed by atoms with Crippen molar-refractivity contribution in [1.82, 2.24) is 5.32 Å². The Morgan fingerprint density at radius 1 is 1.38 bits per heavy atom. The van der Waals surface area contributed by atoms with Gasteiger partial charge in [-0.05, 0) is 25.5 Å². The average Bonchev–Trinajstić information content (AvgIpc) is 2.51. The standard InChI is InChI=1S/C15H20N2O3S/c1-3-11-10-17(12-7-5-6-8-13(12)21-11)15(19)16-9-14(18)20-4-2/h5-8,11H,3-4,9-10H2,1-2H3,(H,16,19). The number of thioether (sulfide) groups is 1. The van der Waals surface area contributed by atoms with Crippen molar-refractivity contribution in [3.05, 3.63) is 24.3 Å². The Morgan fingerprint density at radius 2 is 2.14 bits per heavy atom. The number of amides is 2. The van der Waals surface area contributed by atoms with Gasteiger partial charge < -0.3 is 10.1 Å². The van der Waals surface area contributed by atoms with Gasteiger partial charge in [0.25, 0.3) is 0 Å². The molecule has 0 aromatic heterocycles. The third-order valence-corrected chi connectivity index (χ3v) is 4.64. The number of ether oxygens (including phenoxy) is 1. The minimum Gasteiger partial charge on any atom is -0.465 e. The molecule has 1 heterocycles. The fourth-order valence-corrected chi connectivity index (χ4v) is 3.36. The van der Waals surface area contributed by atoms with Crippen molar-refractivity contribution in [2.75, 3.05) is 24.6 Å². The molecule has 0 saturated carbocycles. The van der Waals surface area contributed by atoms with Crippen molar-refractivity contribution < 1.29 is 14.3 Å². The molecule has 2 rings (SSSR count). The third-order valence-electron chi connectivity index (χ3n) is 3.23. The molecule has 0 saturated heterocycles. The van der Waals surface area contributed by atoms with E-state index in [0.717, 1.165) is 17.0 Å². The number of urea groups is 1. The Morgan fingerprint density at radius 3 is 2.86 bits per heavy atom. The van der Waals surface area contributed by atoms with Crippen molar-refractivity contribution >= 4 is 29.4 Å². The Balaban J connectivity index is 2.07. The molecule has 1 aliphatic rings. The molecule has 1 aromatic carbocycles. The van der Waals surface area contributed by atoms with Crippen molar-refractivity contribution in [2.45, 2.75) is 30.4 Å². The van der Waals surface area contributed by atoms with Crippen LogP contribution in [-0.4, -0.2) is 36.9 Å². The zero-order chi connectivity index (χ0) is 15.2. The van der Waals surface area contributed by atoms with Crippen LogP contribution in [0.3, 0.4) is 0 Å². The molecule has 1 atom stereocenters. The summed E-state index contributed by atoms with van der Waals surface area (Å²) in [5.41, 5.74) is 0.897. The molecular formula is C15H20N2O3S. The molecule has 5 nitrogen and oxygen atoms in total. The second-order valence-electron chi connectivity index (χ2n) is 4.69.